The Bertz CT molecular complexity index is 970. The second kappa shape index (κ2) is 7.62. The van der Waals surface area contributed by atoms with Gasteiger partial charge in [-0.25, -0.2) is 9.29 Å². The molecule has 0 radical (unpaired) electrons. The summed E-state index contributed by atoms with van der Waals surface area (Å²) in [6.45, 7) is 0.0680. The van der Waals surface area contributed by atoms with Crippen LogP contribution in [0.2, 0.25) is 0 Å². The fourth-order valence-electron chi connectivity index (χ4n) is 4.21. The molecule has 1 saturated carbocycles. The number of halogens is 1. The highest BCUT2D eigenvalue weighted by atomic mass is 19.1. The molecule has 1 saturated heterocycles. The van der Waals surface area contributed by atoms with Crippen molar-refractivity contribution >= 4 is 28.9 Å². The topological polar surface area (TPSA) is 92.6 Å². The molecule has 0 bridgehead atoms. The number of imide groups is 1. The van der Waals surface area contributed by atoms with Gasteiger partial charge in [-0.3, -0.25) is 19.7 Å². The van der Waals surface area contributed by atoms with Crippen molar-refractivity contribution in [1.29, 1.82) is 0 Å². The van der Waals surface area contributed by atoms with E-state index >= 15 is 0 Å². The average Bonchev–Trinajstić information content (AvgIpc) is 2.98. The number of carbonyl (C=O) groups is 2. The Balaban J connectivity index is 1.61. The van der Waals surface area contributed by atoms with E-state index in [9.17, 15) is 24.1 Å². The molecule has 1 aliphatic carbocycles. The van der Waals surface area contributed by atoms with Crippen molar-refractivity contribution in [3.8, 4) is 0 Å². The predicted molar refractivity (Wildman–Crippen MR) is 105 cm³/mol. The van der Waals surface area contributed by atoms with E-state index in [-0.39, 0.29) is 47.3 Å². The molecule has 8 heteroatoms. The second-order valence-corrected chi connectivity index (χ2v) is 7.41. The number of amides is 2. The lowest BCUT2D eigenvalue weighted by atomic mass is 9.81. The van der Waals surface area contributed by atoms with Gasteiger partial charge >= 0.3 is 0 Å². The number of nitrogens with zero attached hydrogens (tertiary/aromatic N) is 2. The first-order valence-electron chi connectivity index (χ1n) is 9.61. The van der Waals surface area contributed by atoms with E-state index in [1.165, 1.54) is 24.3 Å². The molecule has 2 unspecified atom stereocenters. The van der Waals surface area contributed by atoms with E-state index in [4.69, 9.17) is 0 Å². The number of nitro groups is 1. The molecule has 150 valence electrons. The third-order valence-electron chi connectivity index (χ3n) is 5.70. The van der Waals surface area contributed by atoms with Crippen LogP contribution in [0, 0.1) is 27.8 Å². The van der Waals surface area contributed by atoms with Gasteiger partial charge in [0.2, 0.25) is 11.8 Å². The molecule has 2 aromatic rings. The van der Waals surface area contributed by atoms with Gasteiger partial charge in [0.05, 0.1) is 22.4 Å². The van der Waals surface area contributed by atoms with Crippen LogP contribution in [0.25, 0.3) is 0 Å². The number of fused-ring (bicyclic) bond motifs is 1. The monoisotopic (exact) mass is 397 g/mol. The molecular formula is C21H20FN3O4. The molecule has 1 aliphatic heterocycles. The van der Waals surface area contributed by atoms with Crippen LogP contribution in [0.4, 0.5) is 21.5 Å². The van der Waals surface area contributed by atoms with Crippen LogP contribution in [0.15, 0.2) is 42.5 Å². The van der Waals surface area contributed by atoms with Crippen LogP contribution < -0.4 is 10.2 Å². The van der Waals surface area contributed by atoms with Gasteiger partial charge in [0.15, 0.2) is 0 Å². The second-order valence-electron chi connectivity index (χ2n) is 7.41. The fraction of sp³-hybridized carbons (Fsp3) is 0.333. The summed E-state index contributed by atoms with van der Waals surface area (Å²) < 4.78 is 13.8. The lowest BCUT2D eigenvalue weighted by Gasteiger charge is -2.19. The third kappa shape index (κ3) is 3.46. The maximum Gasteiger partial charge on any atom is 0.294 e. The van der Waals surface area contributed by atoms with Crippen molar-refractivity contribution in [2.24, 2.45) is 11.8 Å². The minimum Gasteiger partial charge on any atom is -0.375 e. The largest absolute Gasteiger partial charge is 0.375 e. The molecule has 2 atom stereocenters. The molecule has 4 rings (SSSR count). The smallest absolute Gasteiger partial charge is 0.294 e. The average molecular weight is 397 g/mol. The summed E-state index contributed by atoms with van der Waals surface area (Å²) in [5.41, 5.74) is 0.505. The van der Waals surface area contributed by atoms with Crippen molar-refractivity contribution < 1.29 is 18.9 Å². The molecule has 1 N–H and O–H groups in total. The minimum atomic E-state index is -0.578. The standard InChI is InChI=1S/C21H20FN3O4/c22-17-8-4-1-5-13(17)12-23-18-10-9-14(11-19(18)25(28)29)24-20(26)15-6-2-3-7-16(15)21(24)27/h1,4-5,8-11,15-16,23H,2-3,6-7,12H2. The number of hydrogen-bond donors (Lipinski definition) is 1. The lowest BCUT2D eigenvalue weighted by Crippen LogP contribution is -2.30. The zero-order valence-corrected chi connectivity index (χ0v) is 15.6. The van der Waals surface area contributed by atoms with Gasteiger partial charge in [0.25, 0.3) is 5.69 Å². The number of carbonyl (C=O) groups excluding carboxylic acids is 2. The molecule has 0 spiro atoms. The molecule has 7 nitrogen and oxygen atoms in total. The van der Waals surface area contributed by atoms with Crippen LogP contribution in [0.5, 0.6) is 0 Å². The molecule has 1 heterocycles. The van der Waals surface area contributed by atoms with Gasteiger partial charge in [-0.2, -0.15) is 0 Å². The summed E-state index contributed by atoms with van der Waals surface area (Å²) in [4.78, 5) is 37.6. The summed E-state index contributed by atoms with van der Waals surface area (Å²) in [6.07, 6.45) is 3.17. The van der Waals surface area contributed by atoms with E-state index in [2.05, 4.69) is 5.32 Å². The first-order valence-corrected chi connectivity index (χ1v) is 9.61. The van der Waals surface area contributed by atoms with E-state index in [0.717, 1.165) is 17.7 Å². The van der Waals surface area contributed by atoms with E-state index in [1.807, 2.05) is 0 Å². The highest BCUT2D eigenvalue weighted by Crippen LogP contribution is 2.41. The van der Waals surface area contributed by atoms with Gasteiger partial charge < -0.3 is 5.32 Å². The third-order valence-corrected chi connectivity index (χ3v) is 5.70. The normalized spacial score (nSPS) is 21.2. The highest BCUT2D eigenvalue weighted by molar-refractivity contribution is 6.22. The molecule has 0 aromatic heterocycles. The van der Waals surface area contributed by atoms with Gasteiger partial charge in [0.1, 0.15) is 11.5 Å². The van der Waals surface area contributed by atoms with E-state index in [0.29, 0.717) is 18.4 Å². The van der Waals surface area contributed by atoms with Crippen molar-refractivity contribution in [3.63, 3.8) is 0 Å². The van der Waals surface area contributed by atoms with Crippen molar-refractivity contribution in [2.45, 2.75) is 32.2 Å². The van der Waals surface area contributed by atoms with Crippen LogP contribution in [-0.4, -0.2) is 16.7 Å². The summed E-state index contributed by atoms with van der Waals surface area (Å²) >= 11 is 0. The zero-order chi connectivity index (χ0) is 20.5. The van der Waals surface area contributed by atoms with Gasteiger partial charge in [-0.1, -0.05) is 31.0 Å². The molecule has 2 fully saturated rings. The lowest BCUT2D eigenvalue weighted by molar-refractivity contribution is -0.383. The van der Waals surface area contributed by atoms with Crippen LogP contribution in [-0.2, 0) is 16.1 Å². The molecule has 2 amide bonds. The maximum absolute atomic E-state index is 13.8. The summed E-state index contributed by atoms with van der Waals surface area (Å²) in [5, 5.41) is 14.5. The van der Waals surface area contributed by atoms with Gasteiger partial charge in [-0.05, 0) is 31.0 Å². The Labute approximate surface area is 166 Å². The predicted octanol–water partition coefficient (Wildman–Crippen LogP) is 4.03. The Morgan fingerprint density at radius 2 is 1.72 bits per heavy atom. The molecule has 2 aromatic carbocycles. The SMILES string of the molecule is O=C1C2CCCCC2C(=O)N1c1ccc(NCc2ccccc2F)c([N+](=O)[O-])c1. The zero-order valence-electron chi connectivity index (χ0n) is 15.6. The number of hydrogen-bond acceptors (Lipinski definition) is 5. The minimum absolute atomic E-state index is 0.0680. The van der Waals surface area contributed by atoms with Crippen molar-refractivity contribution in [2.75, 3.05) is 10.2 Å². The number of nitro benzene ring substituents is 1. The van der Waals surface area contributed by atoms with Crippen molar-refractivity contribution in [3.05, 3.63) is 64.0 Å². The number of rotatable bonds is 5. The van der Waals surface area contributed by atoms with E-state index < -0.39 is 10.7 Å². The first-order chi connectivity index (χ1) is 14.0. The van der Waals surface area contributed by atoms with Crippen LogP contribution in [0.3, 0.4) is 0 Å². The number of benzene rings is 2. The highest BCUT2D eigenvalue weighted by Gasteiger charge is 2.49. The van der Waals surface area contributed by atoms with Crippen LogP contribution in [0.1, 0.15) is 31.2 Å². The Kier molecular flexibility index (Phi) is 5.00. The van der Waals surface area contributed by atoms with E-state index in [1.54, 1.807) is 18.2 Å². The number of nitrogens with one attached hydrogen (secondary N) is 1. The Morgan fingerprint density at radius 3 is 2.34 bits per heavy atom. The van der Waals surface area contributed by atoms with Crippen molar-refractivity contribution in [1.82, 2.24) is 0 Å². The summed E-state index contributed by atoms with van der Waals surface area (Å²) in [6, 6.07) is 10.4. The maximum atomic E-state index is 13.8. The summed E-state index contributed by atoms with van der Waals surface area (Å²) in [5.74, 6) is -1.61. The fourth-order valence-corrected chi connectivity index (χ4v) is 4.21. The van der Waals surface area contributed by atoms with Crippen LogP contribution >= 0.6 is 0 Å². The Hall–Kier alpha value is -3.29. The molecule has 2 aliphatic rings. The molecule has 29 heavy (non-hydrogen) atoms. The number of anilines is 2. The molecular weight excluding hydrogens is 377 g/mol. The Morgan fingerprint density at radius 1 is 1.07 bits per heavy atom. The summed E-state index contributed by atoms with van der Waals surface area (Å²) in [7, 11) is 0. The van der Waals surface area contributed by atoms with Gasteiger partial charge in [-0.15, -0.1) is 0 Å². The van der Waals surface area contributed by atoms with Gasteiger partial charge in [0, 0.05) is 18.2 Å². The first kappa shape index (κ1) is 19.0. The quantitative estimate of drug-likeness (QED) is 0.467.